The monoisotopic (exact) mass is 358 g/mol. The molecule has 0 saturated carbocycles. The number of sulfonamides is 2. The molecule has 0 radical (unpaired) electrons. The summed E-state index contributed by atoms with van der Waals surface area (Å²) in [5.41, 5.74) is 0. The second-order valence-electron chi connectivity index (χ2n) is 4.12. The second-order valence-corrected chi connectivity index (χ2v) is 8.36. The summed E-state index contributed by atoms with van der Waals surface area (Å²) in [6, 6.07) is 2.97. The van der Waals surface area contributed by atoms with Crippen LogP contribution in [0.5, 0.6) is 0 Å². The summed E-state index contributed by atoms with van der Waals surface area (Å²) in [6.45, 7) is 1.65. The van der Waals surface area contributed by atoms with Gasteiger partial charge in [-0.25, -0.2) is 30.7 Å². The molecule has 0 aliphatic carbocycles. The van der Waals surface area contributed by atoms with Gasteiger partial charge in [0.1, 0.15) is 10.7 Å². The van der Waals surface area contributed by atoms with Crippen molar-refractivity contribution in [1.29, 1.82) is 0 Å². The third-order valence-electron chi connectivity index (χ3n) is 2.53. The van der Waals surface area contributed by atoms with Crippen molar-refractivity contribution in [2.75, 3.05) is 18.8 Å². The van der Waals surface area contributed by atoms with E-state index in [0.29, 0.717) is 0 Å². The molecule has 0 atom stereocenters. The van der Waals surface area contributed by atoms with Crippen LogP contribution in [0.15, 0.2) is 23.1 Å². The Morgan fingerprint density at radius 2 is 1.76 bits per heavy atom. The minimum Gasteiger partial charge on any atom is -0.215 e. The number of benzene rings is 1. The second kappa shape index (κ2) is 7.50. The third-order valence-corrected chi connectivity index (χ3v) is 5.88. The predicted molar refractivity (Wildman–Crippen MR) is 78.7 cm³/mol. The molecule has 21 heavy (non-hydrogen) atoms. The Morgan fingerprint density at radius 3 is 2.33 bits per heavy atom. The van der Waals surface area contributed by atoms with E-state index in [9.17, 15) is 21.2 Å². The fraction of sp³-hybridized carbons (Fsp3) is 0.455. The highest BCUT2D eigenvalue weighted by atomic mass is 35.5. The summed E-state index contributed by atoms with van der Waals surface area (Å²) in [5.74, 6) is -0.669. The van der Waals surface area contributed by atoms with Crippen molar-refractivity contribution in [3.63, 3.8) is 0 Å². The molecule has 0 aliphatic heterocycles. The van der Waals surface area contributed by atoms with Gasteiger partial charge < -0.3 is 0 Å². The first-order valence-corrected chi connectivity index (χ1v) is 9.61. The zero-order valence-corrected chi connectivity index (χ0v) is 13.7. The van der Waals surface area contributed by atoms with Crippen molar-refractivity contribution in [3.05, 3.63) is 29.0 Å². The molecule has 0 amide bonds. The Labute approximate surface area is 128 Å². The molecule has 120 valence electrons. The van der Waals surface area contributed by atoms with Crippen molar-refractivity contribution in [2.24, 2.45) is 0 Å². The van der Waals surface area contributed by atoms with Crippen LogP contribution in [-0.2, 0) is 20.0 Å². The fourth-order valence-corrected chi connectivity index (χ4v) is 3.66. The van der Waals surface area contributed by atoms with Crippen LogP contribution in [-0.4, -0.2) is 35.7 Å². The van der Waals surface area contributed by atoms with Crippen LogP contribution in [0.2, 0.25) is 5.02 Å². The van der Waals surface area contributed by atoms with Gasteiger partial charge in [-0.2, -0.15) is 0 Å². The molecule has 1 aromatic carbocycles. The maximum atomic E-state index is 12.9. The maximum absolute atomic E-state index is 12.9. The van der Waals surface area contributed by atoms with E-state index in [-0.39, 0.29) is 35.2 Å². The number of rotatable bonds is 8. The Hall–Kier alpha value is -0.740. The quantitative estimate of drug-likeness (QED) is 0.680. The highest BCUT2D eigenvalue weighted by Gasteiger charge is 2.17. The average molecular weight is 359 g/mol. The van der Waals surface area contributed by atoms with Crippen LogP contribution >= 0.6 is 11.6 Å². The summed E-state index contributed by atoms with van der Waals surface area (Å²) in [7, 11) is -7.14. The first kappa shape index (κ1) is 18.3. The van der Waals surface area contributed by atoms with E-state index in [4.69, 9.17) is 11.6 Å². The topological polar surface area (TPSA) is 92.3 Å². The Balaban J connectivity index is 2.54. The molecule has 0 spiro atoms. The maximum Gasteiger partial charge on any atom is 0.242 e. The number of hydrogen-bond acceptors (Lipinski definition) is 4. The molecule has 10 heteroatoms. The molecule has 1 rings (SSSR count). The van der Waals surface area contributed by atoms with E-state index in [1.165, 1.54) is 6.92 Å². The molecular formula is C11H16ClFN2O4S2. The van der Waals surface area contributed by atoms with Gasteiger partial charge in [0, 0.05) is 13.1 Å². The van der Waals surface area contributed by atoms with Crippen molar-refractivity contribution in [2.45, 2.75) is 18.2 Å². The van der Waals surface area contributed by atoms with E-state index >= 15 is 0 Å². The van der Waals surface area contributed by atoms with Crippen LogP contribution in [0, 0.1) is 5.82 Å². The van der Waals surface area contributed by atoms with Gasteiger partial charge in [0.15, 0.2) is 0 Å². The molecule has 0 saturated heterocycles. The Bertz CT molecular complexity index is 692. The molecule has 0 bridgehead atoms. The average Bonchev–Trinajstić information content (AvgIpc) is 2.37. The lowest BCUT2D eigenvalue weighted by Crippen LogP contribution is -2.30. The van der Waals surface area contributed by atoms with Crippen molar-refractivity contribution in [1.82, 2.24) is 9.44 Å². The van der Waals surface area contributed by atoms with E-state index in [1.54, 1.807) is 0 Å². The van der Waals surface area contributed by atoms with Gasteiger partial charge in [0.2, 0.25) is 20.0 Å². The van der Waals surface area contributed by atoms with Crippen LogP contribution in [0.4, 0.5) is 4.39 Å². The SMILES string of the molecule is CCS(=O)(=O)NCCCNS(=O)(=O)c1ccc(F)cc1Cl. The molecule has 0 aliphatic rings. The van der Waals surface area contributed by atoms with Gasteiger partial charge >= 0.3 is 0 Å². The van der Waals surface area contributed by atoms with Gasteiger partial charge in [0.05, 0.1) is 10.8 Å². The zero-order valence-electron chi connectivity index (χ0n) is 11.3. The Kier molecular flexibility index (Phi) is 6.54. The summed E-state index contributed by atoms with van der Waals surface area (Å²) in [4.78, 5) is -0.222. The lowest BCUT2D eigenvalue weighted by Gasteiger charge is -2.09. The first-order valence-electron chi connectivity index (χ1n) is 6.10. The number of nitrogens with one attached hydrogen (secondary N) is 2. The van der Waals surface area contributed by atoms with E-state index < -0.39 is 25.9 Å². The number of hydrogen-bond donors (Lipinski definition) is 2. The van der Waals surface area contributed by atoms with Gasteiger partial charge in [-0.1, -0.05) is 11.6 Å². The minimum atomic E-state index is -3.86. The lowest BCUT2D eigenvalue weighted by molar-refractivity contribution is 0.572. The molecule has 1 aromatic rings. The van der Waals surface area contributed by atoms with E-state index in [0.717, 1.165) is 18.2 Å². The molecule has 0 fully saturated rings. The van der Waals surface area contributed by atoms with Gasteiger partial charge in [-0.05, 0) is 31.5 Å². The zero-order chi connectivity index (χ0) is 16.1. The standard InChI is InChI=1S/C11H16ClFN2O4S2/c1-2-20(16,17)14-6-3-7-15-21(18,19)11-5-4-9(13)8-10(11)12/h4-5,8,14-15H,2-3,6-7H2,1H3. The first-order chi connectivity index (χ1) is 9.68. The third kappa shape index (κ3) is 5.87. The molecule has 6 nitrogen and oxygen atoms in total. The minimum absolute atomic E-state index is 0.0300. The summed E-state index contributed by atoms with van der Waals surface area (Å²) < 4.78 is 63.6. The molecule has 0 heterocycles. The van der Waals surface area contributed by atoms with Crippen LogP contribution in [0.25, 0.3) is 0 Å². The molecule has 0 unspecified atom stereocenters. The predicted octanol–water partition coefficient (Wildman–Crippen LogP) is 1.09. The number of halogens is 2. The van der Waals surface area contributed by atoms with Gasteiger partial charge in [0.25, 0.3) is 0 Å². The summed E-state index contributed by atoms with van der Waals surface area (Å²) >= 11 is 5.68. The molecule has 2 N–H and O–H groups in total. The normalized spacial score (nSPS) is 12.5. The van der Waals surface area contributed by atoms with Crippen LogP contribution < -0.4 is 9.44 Å². The highest BCUT2D eigenvalue weighted by molar-refractivity contribution is 7.89. The largest absolute Gasteiger partial charge is 0.242 e. The molecule has 0 aromatic heterocycles. The van der Waals surface area contributed by atoms with Crippen molar-refractivity contribution >= 4 is 31.6 Å². The van der Waals surface area contributed by atoms with Gasteiger partial charge in [-0.3, -0.25) is 0 Å². The van der Waals surface area contributed by atoms with Crippen LogP contribution in [0.1, 0.15) is 13.3 Å². The smallest absolute Gasteiger partial charge is 0.215 e. The lowest BCUT2D eigenvalue weighted by atomic mass is 10.3. The van der Waals surface area contributed by atoms with Crippen molar-refractivity contribution < 1.29 is 21.2 Å². The molecular weight excluding hydrogens is 343 g/mol. The van der Waals surface area contributed by atoms with E-state index in [2.05, 4.69) is 9.44 Å². The van der Waals surface area contributed by atoms with Gasteiger partial charge in [-0.15, -0.1) is 0 Å². The highest BCUT2D eigenvalue weighted by Crippen LogP contribution is 2.21. The Morgan fingerprint density at radius 1 is 1.14 bits per heavy atom. The van der Waals surface area contributed by atoms with Crippen LogP contribution in [0.3, 0.4) is 0 Å². The van der Waals surface area contributed by atoms with Crippen molar-refractivity contribution in [3.8, 4) is 0 Å². The summed E-state index contributed by atoms with van der Waals surface area (Å²) in [6.07, 6.45) is 0.275. The summed E-state index contributed by atoms with van der Waals surface area (Å²) in [5, 5.41) is -0.214. The fourth-order valence-electron chi connectivity index (χ4n) is 1.40. The van der Waals surface area contributed by atoms with E-state index in [1.807, 2.05) is 0 Å².